The van der Waals surface area contributed by atoms with E-state index in [-0.39, 0.29) is 6.04 Å². The molecule has 2 unspecified atom stereocenters. The molecule has 0 saturated carbocycles. The molecule has 1 saturated heterocycles. The normalized spacial score (nSPS) is 25.3. The Morgan fingerprint density at radius 3 is 2.72 bits per heavy atom. The fraction of sp³-hybridized carbons (Fsp3) is 0.727. The van der Waals surface area contributed by atoms with Gasteiger partial charge < -0.3 is 5.32 Å². The molecule has 0 bridgehead atoms. The molecule has 0 aromatic carbocycles. The van der Waals surface area contributed by atoms with Gasteiger partial charge in [0.05, 0.1) is 10.7 Å². The van der Waals surface area contributed by atoms with Gasteiger partial charge in [-0.05, 0) is 40.2 Å². The van der Waals surface area contributed by atoms with Gasteiger partial charge in [-0.15, -0.1) is 11.3 Å². The zero-order valence-electron chi connectivity index (χ0n) is 10.9. The topological polar surface area (TPSA) is 71.1 Å². The van der Waals surface area contributed by atoms with Crippen LogP contribution in [0.3, 0.4) is 0 Å². The molecule has 1 aromatic heterocycles. The van der Waals surface area contributed by atoms with Crippen molar-refractivity contribution in [3.05, 3.63) is 10.7 Å². The van der Waals surface area contributed by atoms with Crippen LogP contribution < -0.4 is 10.0 Å². The Morgan fingerprint density at radius 2 is 2.17 bits per heavy atom. The number of aryl methyl sites for hydroxylation is 2. The lowest BCUT2D eigenvalue weighted by Crippen LogP contribution is -2.46. The molecule has 1 aromatic rings. The second-order valence-corrected chi connectivity index (χ2v) is 7.92. The van der Waals surface area contributed by atoms with Crippen molar-refractivity contribution in [2.45, 2.75) is 49.9 Å². The van der Waals surface area contributed by atoms with Crippen LogP contribution in [0.2, 0.25) is 0 Å². The molecule has 0 spiro atoms. The number of aromatic nitrogens is 1. The van der Waals surface area contributed by atoms with Crippen molar-refractivity contribution in [3.8, 4) is 0 Å². The Bertz CT molecular complexity index is 524. The first kappa shape index (κ1) is 13.9. The summed E-state index contributed by atoms with van der Waals surface area (Å²) in [4.78, 5) is 4.17. The molecular formula is C11H19N3O2S2. The average molecular weight is 289 g/mol. The zero-order chi connectivity index (χ0) is 13.3. The molecule has 2 N–H and O–H groups in total. The number of hydrogen-bond donors (Lipinski definition) is 2. The summed E-state index contributed by atoms with van der Waals surface area (Å²) in [5.74, 6) is 0. The van der Waals surface area contributed by atoms with Gasteiger partial charge in [-0.2, -0.15) is 0 Å². The number of piperidine rings is 1. The second kappa shape index (κ2) is 5.24. The highest BCUT2D eigenvalue weighted by Gasteiger charge is 2.27. The van der Waals surface area contributed by atoms with Gasteiger partial charge in [0.15, 0.2) is 4.21 Å². The number of sulfonamides is 1. The summed E-state index contributed by atoms with van der Waals surface area (Å²) in [6.07, 6.45) is 1.66. The van der Waals surface area contributed by atoms with Gasteiger partial charge >= 0.3 is 0 Å². The molecule has 1 aliphatic heterocycles. The Balaban J connectivity index is 2.14. The molecule has 102 valence electrons. The summed E-state index contributed by atoms with van der Waals surface area (Å²) in [5.41, 5.74) is 0.590. The first-order valence-corrected chi connectivity index (χ1v) is 8.38. The predicted octanol–water partition coefficient (Wildman–Crippen LogP) is 1.18. The van der Waals surface area contributed by atoms with Gasteiger partial charge in [-0.1, -0.05) is 0 Å². The highest BCUT2D eigenvalue weighted by Crippen LogP contribution is 2.23. The van der Waals surface area contributed by atoms with E-state index >= 15 is 0 Å². The number of nitrogens with zero attached hydrogens (tertiary/aromatic N) is 1. The molecule has 2 atom stereocenters. The molecular weight excluding hydrogens is 270 g/mol. The fourth-order valence-corrected chi connectivity index (χ4v) is 5.06. The summed E-state index contributed by atoms with van der Waals surface area (Å²) in [7, 11) is -3.41. The Morgan fingerprint density at radius 1 is 1.44 bits per heavy atom. The monoisotopic (exact) mass is 289 g/mol. The van der Waals surface area contributed by atoms with Crippen LogP contribution >= 0.6 is 11.3 Å². The van der Waals surface area contributed by atoms with E-state index < -0.39 is 10.0 Å². The minimum absolute atomic E-state index is 0.0213. The lowest BCUT2D eigenvalue weighted by atomic mass is 10.0. The number of hydrogen-bond acceptors (Lipinski definition) is 5. The summed E-state index contributed by atoms with van der Waals surface area (Å²) in [6.45, 7) is 6.49. The third-order valence-electron chi connectivity index (χ3n) is 3.05. The molecule has 0 aliphatic carbocycles. The number of rotatable bonds is 3. The lowest BCUT2D eigenvalue weighted by Gasteiger charge is -2.28. The minimum Gasteiger partial charge on any atom is -0.314 e. The van der Waals surface area contributed by atoms with E-state index in [1.165, 1.54) is 11.3 Å². The van der Waals surface area contributed by atoms with Crippen LogP contribution in [0.1, 0.15) is 30.5 Å². The highest BCUT2D eigenvalue weighted by atomic mass is 32.2. The van der Waals surface area contributed by atoms with Crippen LogP contribution in [-0.4, -0.2) is 32.0 Å². The molecule has 0 amide bonds. The van der Waals surface area contributed by atoms with E-state index in [0.29, 0.717) is 15.9 Å². The van der Waals surface area contributed by atoms with Crippen molar-refractivity contribution in [2.75, 3.05) is 6.54 Å². The van der Waals surface area contributed by atoms with Gasteiger partial charge in [0.25, 0.3) is 10.0 Å². The smallest absolute Gasteiger partial charge is 0.252 e. The van der Waals surface area contributed by atoms with Crippen LogP contribution in [-0.2, 0) is 10.0 Å². The summed E-state index contributed by atoms with van der Waals surface area (Å²) in [6, 6.07) is 0.379. The molecule has 7 heteroatoms. The zero-order valence-corrected chi connectivity index (χ0v) is 12.5. The Kier molecular flexibility index (Phi) is 4.05. The van der Waals surface area contributed by atoms with E-state index in [1.807, 2.05) is 6.92 Å². The summed E-state index contributed by atoms with van der Waals surface area (Å²) >= 11 is 1.23. The Hall–Kier alpha value is -0.500. The molecule has 1 aliphatic rings. The van der Waals surface area contributed by atoms with Gasteiger partial charge in [0.2, 0.25) is 0 Å². The van der Waals surface area contributed by atoms with Crippen LogP contribution in [0.4, 0.5) is 0 Å². The first-order chi connectivity index (χ1) is 8.38. The summed E-state index contributed by atoms with van der Waals surface area (Å²) < 4.78 is 27.7. The minimum atomic E-state index is -3.41. The third kappa shape index (κ3) is 3.09. The van der Waals surface area contributed by atoms with Gasteiger partial charge in [0, 0.05) is 12.1 Å². The quantitative estimate of drug-likeness (QED) is 0.876. The van der Waals surface area contributed by atoms with Gasteiger partial charge in [-0.3, -0.25) is 0 Å². The van der Waals surface area contributed by atoms with E-state index in [0.717, 1.165) is 24.4 Å². The largest absolute Gasteiger partial charge is 0.314 e. The van der Waals surface area contributed by atoms with Crippen LogP contribution in [0.25, 0.3) is 0 Å². The molecule has 1 fully saturated rings. The molecule has 5 nitrogen and oxygen atoms in total. The van der Waals surface area contributed by atoms with Crippen LogP contribution in [0, 0.1) is 13.8 Å². The van der Waals surface area contributed by atoms with E-state index in [2.05, 4.69) is 21.9 Å². The van der Waals surface area contributed by atoms with E-state index in [4.69, 9.17) is 0 Å². The first-order valence-electron chi connectivity index (χ1n) is 6.08. The predicted molar refractivity (Wildman–Crippen MR) is 72.4 cm³/mol. The van der Waals surface area contributed by atoms with Crippen molar-refractivity contribution >= 4 is 21.4 Å². The fourth-order valence-electron chi connectivity index (χ4n) is 2.27. The third-order valence-corrected chi connectivity index (χ3v) is 6.25. The highest BCUT2D eigenvalue weighted by molar-refractivity contribution is 7.91. The lowest BCUT2D eigenvalue weighted by molar-refractivity contribution is 0.361. The Labute approximate surface area is 112 Å². The van der Waals surface area contributed by atoms with Crippen molar-refractivity contribution in [3.63, 3.8) is 0 Å². The van der Waals surface area contributed by atoms with Crippen molar-refractivity contribution < 1.29 is 8.42 Å². The average Bonchev–Trinajstić information content (AvgIpc) is 2.58. The van der Waals surface area contributed by atoms with Gasteiger partial charge in [0.1, 0.15) is 0 Å². The summed E-state index contributed by atoms with van der Waals surface area (Å²) in [5, 5.41) is 4.09. The van der Waals surface area contributed by atoms with Crippen LogP contribution in [0.5, 0.6) is 0 Å². The maximum Gasteiger partial charge on any atom is 0.252 e. The van der Waals surface area contributed by atoms with Crippen molar-refractivity contribution in [1.82, 2.24) is 15.0 Å². The van der Waals surface area contributed by atoms with E-state index in [1.54, 1.807) is 6.92 Å². The van der Waals surface area contributed by atoms with E-state index in [9.17, 15) is 8.42 Å². The molecule has 2 heterocycles. The maximum absolute atomic E-state index is 12.3. The standard InChI is InChI=1S/C11H19N3O2S2/c1-7-6-10(4-5-12-7)14-18(15,16)11-8(2)13-9(3)17-11/h7,10,12,14H,4-6H2,1-3H3. The van der Waals surface area contributed by atoms with Crippen molar-refractivity contribution in [1.29, 1.82) is 0 Å². The second-order valence-electron chi connectivity index (χ2n) is 4.80. The molecule has 18 heavy (non-hydrogen) atoms. The van der Waals surface area contributed by atoms with Gasteiger partial charge in [-0.25, -0.2) is 18.1 Å². The number of thiazole rings is 1. The molecule has 2 rings (SSSR count). The van der Waals surface area contributed by atoms with Crippen LogP contribution in [0.15, 0.2) is 4.21 Å². The molecule has 0 radical (unpaired) electrons. The number of nitrogens with one attached hydrogen (secondary N) is 2. The maximum atomic E-state index is 12.3. The SMILES string of the molecule is Cc1nc(C)c(S(=O)(=O)NC2CCNC(C)C2)s1. The van der Waals surface area contributed by atoms with Crippen molar-refractivity contribution in [2.24, 2.45) is 0 Å².